The number of hydrogen-bond acceptors (Lipinski definition) is 2. The molecule has 0 aliphatic heterocycles. The fourth-order valence-electron chi connectivity index (χ4n) is 3.41. The minimum atomic E-state index is -0.170. The molecule has 20 heavy (non-hydrogen) atoms. The van der Waals surface area contributed by atoms with Crippen molar-refractivity contribution in [3.8, 4) is 5.75 Å². The second-order valence-electron chi connectivity index (χ2n) is 6.55. The van der Waals surface area contributed by atoms with E-state index in [2.05, 4.69) is 32.0 Å². The summed E-state index contributed by atoms with van der Waals surface area (Å²) in [6.45, 7) is 7.40. The Hall–Kier alpha value is -1.02. The highest BCUT2D eigenvalue weighted by Gasteiger charge is 2.32. The fourth-order valence-corrected chi connectivity index (χ4v) is 3.41. The summed E-state index contributed by atoms with van der Waals surface area (Å²) in [6.07, 6.45) is 5.98. The number of hydrogen-bond donors (Lipinski definition) is 1. The van der Waals surface area contributed by atoms with Gasteiger partial charge in [-0.15, -0.1) is 0 Å². The molecule has 0 heterocycles. The number of nitrogens with two attached hydrogens (primary N) is 1. The van der Waals surface area contributed by atoms with Crippen molar-refractivity contribution in [2.75, 3.05) is 6.61 Å². The van der Waals surface area contributed by atoms with Crippen LogP contribution >= 0.6 is 0 Å². The molecule has 2 N–H and O–H groups in total. The molecule has 1 saturated carbocycles. The first-order valence-electron chi connectivity index (χ1n) is 8.07. The van der Waals surface area contributed by atoms with Gasteiger partial charge in [0.25, 0.3) is 0 Å². The van der Waals surface area contributed by atoms with E-state index in [1.54, 1.807) is 0 Å². The predicted molar refractivity (Wildman–Crippen MR) is 84.9 cm³/mol. The van der Waals surface area contributed by atoms with Crippen molar-refractivity contribution >= 4 is 0 Å². The zero-order chi connectivity index (χ0) is 14.6. The van der Waals surface area contributed by atoms with E-state index in [4.69, 9.17) is 10.5 Å². The maximum Gasteiger partial charge on any atom is 0.119 e. The highest BCUT2D eigenvalue weighted by Crippen LogP contribution is 2.38. The van der Waals surface area contributed by atoms with Crippen molar-refractivity contribution in [1.29, 1.82) is 0 Å². The summed E-state index contributed by atoms with van der Waals surface area (Å²) in [5, 5.41) is 0. The maximum absolute atomic E-state index is 6.75. The Balaban J connectivity index is 2.15. The molecule has 0 amide bonds. The number of benzene rings is 1. The lowest BCUT2D eigenvalue weighted by molar-refractivity contribution is 0.322. The van der Waals surface area contributed by atoms with Gasteiger partial charge in [0.2, 0.25) is 0 Å². The van der Waals surface area contributed by atoms with Crippen molar-refractivity contribution in [2.45, 2.75) is 58.4 Å². The van der Waals surface area contributed by atoms with Crippen LogP contribution in [0.2, 0.25) is 0 Å². The van der Waals surface area contributed by atoms with Crippen LogP contribution in [-0.2, 0) is 5.54 Å². The van der Waals surface area contributed by atoms with Gasteiger partial charge in [0.1, 0.15) is 5.75 Å². The molecular formula is C18H29NO. The number of ether oxygens (including phenoxy) is 1. The Labute approximate surface area is 123 Å². The average molecular weight is 275 g/mol. The summed E-state index contributed by atoms with van der Waals surface area (Å²) in [7, 11) is 0. The van der Waals surface area contributed by atoms with E-state index >= 15 is 0 Å². The highest BCUT2D eigenvalue weighted by molar-refractivity contribution is 5.33. The molecule has 0 radical (unpaired) electrons. The minimum absolute atomic E-state index is 0.170. The second-order valence-corrected chi connectivity index (χ2v) is 6.55. The van der Waals surface area contributed by atoms with E-state index in [9.17, 15) is 0 Å². The van der Waals surface area contributed by atoms with Gasteiger partial charge in [0.15, 0.2) is 0 Å². The molecule has 1 fully saturated rings. The van der Waals surface area contributed by atoms with Crippen molar-refractivity contribution in [1.82, 2.24) is 0 Å². The van der Waals surface area contributed by atoms with Crippen LogP contribution in [0.25, 0.3) is 0 Å². The van der Waals surface area contributed by atoms with Crippen molar-refractivity contribution < 1.29 is 4.74 Å². The Morgan fingerprint density at radius 3 is 2.80 bits per heavy atom. The van der Waals surface area contributed by atoms with Crippen LogP contribution in [0, 0.1) is 11.8 Å². The van der Waals surface area contributed by atoms with Gasteiger partial charge in [-0.3, -0.25) is 0 Å². The normalized spacial score (nSPS) is 27.4. The van der Waals surface area contributed by atoms with Crippen LogP contribution in [0.5, 0.6) is 5.75 Å². The summed E-state index contributed by atoms with van der Waals surface area (Å²) in [5.41, 5.74) is 7.83. The lowest BCUT2D eigenvalue weighted by atomic mass is 9.82. The molecule has 0 saturated heterocycles. The zero-order valence-corrected chi connectivity index (χ0v) is 13.2. The van der Waals surface area contributed by atoms with Crippen LogP contribution in [0.3, 0.4) is 0 Å². The molecule has 0 bridgehead atoms. The van der Waals surface area contributed by atoms with E-state index < -0.39 is 0 Å². The third-order valence-corrected chi connectivity index (χ3v) is 4.82. The molecule has 2 atom stereocenters. The van der Waals surface area contributed by atoms with Crippen LogP contribution in [-0.4, -0.2) is 6.61 Å². The summed E-state index contributed by atoms with van der Waals surface area (Å²) >= 11 is 0. The fraction of sp³-hybridized carbons (Fsp3) is 0.667. The quantitative estimate of drug-likeness (QED) is 0.822. The topological polar surface area (TPSA) is 35.2 Å². The van der Waals surface area contributed by atoms with Gasteiger partial charge < -0.3 is 10.5 Å². The molecule has 2 rings (SSSR count). The van der Waals surface area contributed by atoms with Gasteiger partial charge in [-0.05, 0) is 55.7 Å². The molecule has 1 aromatic carbocycles. The Morgan fingerprint density at radius 2 is 2.10 bits per heavy atom. The molecule has 2 unspecified atom stereocenters. The standard InChI is InChI=1S/C18H29NO/c1-4-20-17-9-5-8-16(13-17)18(19)11-6-7-15(10-12-18)14(2)3/h5,8-9,13-15H,4,6-7,10-12,19H2,1-3H3. The third-order valence-electron chi connectivity index (χ3n) is 4.82. The molecule has 1 aliphatic carbocycles. The first-order chi connectivity index (χ1) is 9.55. The summed E-state index contributed by atoms with van der Waals surface area (Å²) in [6, 6.07) is 8.39. The molecular weight excluding hydrogens is 246 g/mol. The van der Waals surface area contributed by atoms with E-state index in [1.807, 2.05) is 13.0 Å². The van der Waals surface area contributed by atoms with E-state index in [1.165, 1.54) is 24.8 Å². The van der Waals surface area contributed by atoms with Crippen LogP contribution in [0.1, 0.15) is 58.4 Å². The zero-order valence-electron chi connectivity index (χ0n) is 13.2. The molecule has 2 nitrogen and oxygen atoms in total. The van der Waals surface area contributed by atoms with Crippen LogP contribution < -0.4 is 10.5 Å². The van der Waals surface area contributed by atoms with Gasteiger partial charge in [-0.1, -0.05) is 38.8 Å². The number of rotatable bonds is 4. The van der Waals surface area contributed by atoms with Gasteiger partial charge in [0.05, 0.1) is 6.61 Å². The van der Waals surface area contributed by atoms with Crippen molar-refractivity contribution in [3.63, 3.8) is 0 Å². The maximum atomic E-state index is 6.75. The Kier molecular flexibility index (Phi) is 5.09. The molecule has 1 aromatic rings. The molecule has 2 heteroatoms. The van der Waals surface area contributed by atoms with E-state index in [0.717, 1.165) is 30.4 Å². The summed E-state index contributed by atoms with van der Waals surface area (Å²) < 4.78 is 5.62. The van der Waals surface area contributed by atoms with E-state index in [0.29, 0.717) is 6.61 Å². The van der Waals surface area contributed by atoms with Gasteiger partial charge in [-0.2, -0.15) is 0 Å². The largest absolute Gasteiger partial charge is 0.494 e. The minimum Gasteiger partial charge on any atom is -0.494 e. The monoisotopic (exact) mass is 275 g/mol. The predicted octanol–water partition coefficient (Wildman–Crippen LogP) is 4.48. The first-order valence-corrected chi connectivity index (χ1v) is 8.07. The highest BCUT2D eigenvalue weighted by atomic mass is 16.5. The summed E-state index contributed by atoms with van der Waals surface area (Å²) in [4.78, 5) is 0. The molecule has 1 aliphatic rings. The van der Waals surface area contributed by atoms with Gasteiger partial charge >= 0.3 is 0 Å². The Bertz CT molecular complexity index is 429. The van der Waals surface area contributed by atoms with E-state index in [-0.39, 0.29) is 5.54 Å². The third kappa shape index (κ3) is 3.54. The lowest BCUT2D eigenvalue weighted by Crippen LogP contribution is -2.36. The first kappa shape index (κ1) is 15.4. The van der Waals surface area contributed by atoms with Gasteiger partial charge in [0, 0.05) is 5.54 Å². The lowest BCUT2D eigenvalue weighted by Gasteiger charge is -2.29. The average Bonchev–Trinajstić information content (AvgIpc) is 2.63. The van der Waals surface area contributed by atoms with Gasteiger partial charge in [-0.25, -0.2) is 0 Å². The Morgan fingerprint density at radius 1 is 1.30 bits per heavy atom. The van der Waals surface area contributed by atoms with Crippen LogP contribution in [0.4, 0.5) is 0 Å². The smallest absolute Gasteiger partial charge is 0.119 e. The van der Waals surface area contributed by atoms with Crippen molar-refractivity contribution in [3.05, 3.63) is 29.8 Å². The van der Waals surface area contributed by atoms with Crippen LogP contribution in [0.15, 0.2) is 24.3 Å². The summed E-state index contributed by atoms with van der Waals surface area (Å²) in [5.74, 6) is 2.54. The van der Waals surface area contributed by atoms with Crippen molar-refractivity contribution in [2.24, 2.45) is 17.6 Å². The SMILES string of the molecule is CCOc1cccc(C2(N)CCCC(C(C)C)CC2)c1. The molecule has 0 aromatic heterocycles. The molecule has 0 spiro atoms. The molecule has 112 valence electrons. The second kappa shape index (κ2) is 6.62.